The Morgan fingerprint density at radius 3 is 2.92 bits per heavy atom. The molecule has 0 saturated carbocycles. The zero-order chi connectivity index (χ0) is 17.2. The molecule has 1 amide bonds. The summed E-state index contributed by atoms with van der Waals surface area (Å²) in [5, 5.41) is 18.4. The number of H-pyrrole nitrogens is 1. The van der Waals surface area contributed by atoms with Gasteiger partial charge in [-0.15, -0.1) is 0 Å². The maximum Gasteiger partial charge on any atom is 0.256 e. The number of rotatable bonds is 4. The number of amides is 1. The molecule has 4 rings (SSSR count). The predicted octanol–water partition coefficient (Wildman–Crippen LogP) is 3.29. The molecular formula is C20H21N3O2. The van der Waals surface area contributed by atoms with E-state index in [4.69, 9.17) is 0 Å². The van der Waals surface area contributed by atoms with Crippen molar-refractivity contribution in [2.75, 3.05) is 6.54 Å². The number of para-hydroxylation sites is 1. The number of carbonyl (C=O) groups excluding carboxylic acids is 1. The van der Waals surface area contributed by atoms with Crippen LogP contribution in [0.5, 0.6) is 0 Å². The Kier molecular flexibility index (Phi) is 4.24. The number of aliphatic hydroxyl groups is 1. The molecule has 5 heteroatoms. The third-order valence-electron chi connectivity index (χ3n) is 5.02. The van der Waals surface area contributed by atoms with E-state index in [1.54, 1.807) is 6.20 Å². The summed E-state index contributed by atoms with van der Waals surface area (Å²) in [5.74, 6) is 0.0117. The Morgan fingerprint density at radius 2 is 2.08 bits per heavy atom. The molecule has 0 spiro atoms. The van der Waals surface area contributed by atoms with Crippen molar-refractivity contribution in [3.63, 3.8) is 0 Å². The number of aromatic amines is 1. The number of nitrogens with one attached hydrogen (secondary N) is 1. The lowest BCUT2D eigenvalue weighted by molar-refractivity contribution is 0.0669. The van der Waals surface area contributed by atoms with Crippen LogP contribution in [0, 0.1) is 0 Å². The summed E-state index contributed by atoms with van der Waals surface area (Å²) in [6, 6.07) is 15.4. The number of aliphatic hydroxyl groups excluding tert-OH is 1. The van der Waals surface area contributed by atoms with Crippen LogP contribution in [0.1, 0.15) is 41.3 Å². The van der Waals surface area contributed by atoms with Crippen LogP contribution in [-0.2, 0) is 0 Å². The summed E-state index contributed by atoms with van der Waals surface area (Å²) in [7, 11) is 0. The SMILES string of the molecule is O=C(c1cccc2cn[nH]c12)N1CCC[C@H]1C[C@@H](O)c1ccccc1. The first-order valence-corrected chi connectivity index (χ1v) is 8.70. The quantitative estimate of drug-likeness (QED) is 0.769. The van der Waals surface area contributed by atoms with Crippen LogP contribution < -0.4 is 0 Å². The van der Waals surface area contributed by atoms with E-state index in [0.29, 0.717) is 12.0 Å². The van der Waals surface area contributed by atoms with Crippen molar-refractivity contribution < 1.29 is 9.90 Å². The zero-order valence-electron chi connectivity index (χ0n) is 13.9. The van der Waals surface area contributed by atoms with Gasteiger partial charge in [-0.25, -0.2) is 0 Å². The lowest BCUT2D eigenvalue weighted by Crippen LogP contribution is -2.36. The van der Waals surface area contributed by atoms with Gasteiger partial charge in [0, 0.05) is 18.0 Å². The summed E-state index contributed by atoms with van der Waals surface area (Å²) < 4.78 is 0. The first-order chi connectivity index (χ1) is 12.2. The fraction of sp³-hybridized carbons (Fsp3) is 0.300. The number of hydrogen-bond donors (Lipinski definition) is 2. The number of aromatic nitrogens is 2. The molecule has 0 unspecified atom stereocenters. The molecule has 3 aromatic rings. The molecule has 2 aromatic carbocycles. The second-order valence-corrected chi connectivity index (χ2v) is 6.60. The standard InChI is InChI=1S/C20H21N3O2/c24-18(14-6-2-1-3-7-14)12-16-9-5-11-23(16)20(25)17-10-4-8-15-13-21-22-19(15)17/h1-4,6-8,10,13,16,18,24H,5,9,11-12H2,(H,21,22)/t16-,18+/m0/s1. The van der Waals surface area contributed by atoms with Crippen LogP contribution in [0.4, 0.5) is 0 Å². The molecule has 1 fully saturated rings. The van der Waals surface area contributed by atoms with Crippen LogP contribution >= 0.6 is 0 Å². The van der Waals surface area contributed by atoms with E-state index in [1.807, 2.05) is 53.4 Å². The van der Waals surface area contributed by atoms with E-state index >= 15 is 0 Å². The molecule has 0 radical (unpaired) electrons. The molecule has 25 heavy (non-hydrogen) atoms. The molecule has 2 heterocycles. The van der Waals surface area contributed by atoms with Gasteiger partial charge in [0.25, 0.3) is 5.91 Å². The second-order valence-electron chi connectivity index (χ2n) is 6.60. The Balaban J connectivity index is 1.55. The molecule has 1 saturated heterocycles. The van der Waals surface area contributed by atoms with Gasteiger partial charge in [0.2, 0.25) is 0 Å². The van der Waals surface area contributed by atoms with E-state index in [9.17, 15) is 9.90 Å². The van der Waals surface area contributed by atoms with Gasteiger partial charge in [-0.05, 0) is 30.9 Å². The van der Waals surface area contributed by atoms with E-state index < -0.39 is 6.10 Å². The van der Waals surface area contributed by atoms with Crippen molar-refractivity contribution in [1.82, 2.24) is 15.1 Å². The summed E-state index contributed by atoms with van der Waals surface area (Å²) in [6.45, 7) is 0.732. The van der Waals surface area contributed by atoms with Gasteiger partial charge >= 0.3 is 0 Å². The van der Waals surface area contributed by atoms with Crippen molar-refractivity contribution in [2.45, 2.75) is 31.4 Å². The summed E-state index contributed by atoms with van der Waals surface area (Å²) in [4.78, 5) is 15.0. The fourth-order valence-corrected chi connectivity index (χ4v) is 3.72. The van der Waals surface area contributed by atoms with Crippen molar-refractivity contribution in [2.24, 2.45) is 0 Å². The number of hydrogen-bond acceptors (Lipinski definition) is 3. The summed E-state index contributed by atoms with van der Waals surface area (Å²) in [6.07, 6.45) is 3.63. The molecule has 1 aliphatic rings. The third-order valence-corrected chi connectivity index (χ3v) is 5.02. The molecule has 2 atom stereocenters. The normalized spacial score (nSPS) is 18.6. The van der Waals surface area contributed by atoms with Crippen LogP contribution in [0.15, 0.2) is 54.7 Å². The van der Waals surface area contributed by atoms with Gasteiger partial charge in [0.1, 0.15) is 0 Å². The molecule has 128 valence electrons. The molecule has 0 aliphatic carbocycles. The molecule has 1 aliphatic heterocycles. The van der Waals surface area contributed by atoms with Crippen LogP contribution in [0.3, 0.4) is 0 Å². The van der Waals surface area contributed by atoms with Gasteiger partial charge in [-0.1, -0.05) is 42.5 Å². The van der Waals surface area contributed by atoms with Gasteiger partial charge in [0.05, 0.1) is 23.4 Å². The van der Waals surface area contributed by atoms with Crippen molar-refractivity contribution in [3.05, 3.63) is 65.9 Å². The topological polar surface area (TPSA) is 69.2 Å². The molecule has 5 nitrogen and oxygen atoms in total. The van der Waals surface area contributed by atoms with E-state index in [0.717, 1.165) is 35.9 Å². The van der Waals surface area contributed by atoms with E-state index in [-0.39, 0.29) is 11.9 Å². The highest BCUT2D eigenvalue weighted by Gasteiger charge is 2.32. The average molecular weight is 335 g/mol. The number of carbonyl (C=O) groups is 1. The lowest BCUT2D eigenvalue weighted by Gasteiger charge is -2.27. The first-order valence-electron chi connectivity index (χ1n) is 8.70. The number of benzene rings is 2. The Labute approximate surface area is 146 Å². The van der Waals surface area contributed by atoms with Crippen molar-refractivity contribution >= 4 is 16.8 Å². The van der Waals surface area contributed by atoms with Crippen LogP contribution in [0.25, 0.3) is 10.9 Å². The predicted molar refractivity (Wildman–Crippen MR) is 96.2 cm³/mol. The molecule has 0 bridgehead atoms. The number of likely N-dealkylation sites (tertiary alicyclic amines) is 1. The molecule has 2 N–H and O–H groups in total. The third kappa shape index (κ3) is 3.03. The highest BCUT2D eigenvalue weighted by Crippen LogP contribution is 2.29. The van der Waals surface area contributed by atoms with Gasteiger partial charge in [0.15, 0.2) is 0 Å². The molecular weight excluding hydrogens is 314 g/mol. The lowest BCUT2D eigenvalue weighted by atomic mass is 10.00. The fourth-order valence-electron chi connectivity index (χ4n) is 3.72. The highest BCUT2D eigenvalue weighted by molar-refractivity contribution is 6.05. The number of nitrogens with zero attached hydrogens (tertiary/aromatic N) is 2. The maximum atomic E-state index is 13.1. The monoisotopic (exact) mass is 335 g/mol. The second kappa shape index (κ2) is 6.69. The van der Waals surface area contributed by atoms with Crippen LogP contribution in [-0.4, -0.2) is 38.7 Å². The van der Waals surface area contributed by atoms with Gasteiger partial charge < -0.3 is 10.0 Å². The highest BCUT2D eigenvalue weighted by atomic mass is 16.3. The van der Waals surface area contributed by atoms with E-state index in [2.05, 4.69) is 10.2 Å². The van der Waals surface area contributed by atoms with Gasteiger partial charge in [-0.2, -0.15) is 5.10 Å². The Hall–Kier alpha value is -2.66. The minimum atomic E-state index is -0.553. The van der Waals surface area contributed by atoms with Crippen molar-refractivity contribution in [3.8, 4) is 0 Å². The average Bonchev–Trinajstić information content (AvgIpc) is 3.30. The summed E-state index contributed by atoms with van der Waals surface area (Å²) >= 11 is 0. The van der Waals surface area contributed by atoms with Crippen LogP contribution in [0.2, 0.25) is 0 Å². The Bertz CT molecular complexity index is 875. The summed E-state index contributed by atoms with van der Waals surface area (Å²) in [5.41, 5.74) is 2.33. The smallest absolute Gasteiger partial charge is 0.256 e. The van der Waals surface area contributed by atoms with Gasteiger partial charge in [-0.3, -0.25) is 9.89 Å². The minimum absolute atomic E-state index is 0.0117. The van der Waals surface area contributed by atoms with Crippen molar-refractivity contribution in [1.29, 1.82) is 0 Å². The molecule has 1 aromatic heterocycles. The zero-order valence-corrected chi connectivity index (χ0v) is 13.9. The first kappa shape index (κ1) is 15.8. The number of fused-ring (bicyclic) bond motifs is 1. The van der Waals surface area contributed by atoms with E-state index in [1.165, 1.54) is 0 Å². The maximum absolute atomic E-state index is 13.1. The Morgan fingerprint density at radius 1 is 1.24 bits per heavy atom. The minimum Gasteiger partial charge on any atom is -0.388 e. The largest absolute Gasteiger partial charge is 0.388 e.